The molecular weight excluding hydrogens is 532 g/mol. The highest BCUT2D eigenvalue weighted by Crippen LogP contribution is 2.34. The monoisotopic (exact) mass is 556 g/mol. The molecule has 0 spiro atoms. The standard InChI is InChI=1S/C29H24N4O4S2/c1-18-7-10-25-31-26(30-15-20-8-9-22-23(13-20)37-17-36-22)21(27(34)33(25)16-18)14-24-28(35)32(29(38)39-24)12-11-19-5-3-2-4-6-19/h2-10,13-14,16,30H,11-12,15,17H2,1H3. The lowest BCUT2D eigenvalue weighted by Gasteiger charge is -2.14. The van der Waals surface area contributed by atoms with Gasteiger partial charge in [-0.3, -0.25) is 18.9 Å². The van der Waals surface area contributed by atoms with Crippen molar-refractivity contribution in [2.75, 3.05) is 18.7 Å². The molecule has 1 fully saturated rings. The average Bonchev–Trinajstić information content (AvgIpc) is 3.52. The Hall–Kier alpha value is -4.15. The Kier molecular flexibility index (Phi) is 6.80. The summed E-state index contributed by atoms with van der Waals surface area (Å²) in [7, 11) is 0. The van der Waals surface area contributed by atoms with Crippen molar-refractivity contribution < 1.29 is 14.3 Å². The molecule has 0 bridgehead atoms. The van der Waals surface area contributed by atoms with Gasteiger partial charge in [0, 0.05) is 19.3 Å². The van der Waals surface area contributed by atoms with E-state index >= 15 is 0 Å². The molecule has 2 aliphatic rings. The minimum atomic E-state index is -0.272. The first-order chi connectivity index (χ1) is 19.0. The zero-order chi connectivity index (χ0) is 26.9. The van der Waals surface area contributed by atoms with Crippen molar-refractivity contribution in [3.63, 3.8) is 0 Å². The molecule has 2 aromatic carbocycles. The summed E-state index contributed by atoms with van der Waals surface area (Å²) in [6.45, 7) is 2.97. The highest BCUT2D eigenvalue weighted by molar-refractivity contribution is 8.26. The van der Waals surface area contributed by atoms with Crippen LogP contribution < -0.4 is 20.3 Å². The summed E-state index contributed by atoms with van der Waals surface area (Å²) in [6.07, 6.45) is 4.03. The summed E-state index contributed by atoms with van der Waals surface area (Å²) < 4.78 is 12.9. The molecule has 0 aliphatic carbocycles. The zero-order valence-corrected chi connectivity index (χ0v) is 22.7. The SMILES string of the molecule is Cc1ccc2nc(NCc3ccc4c(c3)OCO4)c(C=C3SC(=S)N(CCc4ccccc4)C3=O)c(=O)n2c1. The normalized spacial score (nSPS) is 15.5. The van der Waals surface area contributed by atoms with Crippen LogP contribution in [0.5, 0.6) is 11.5 Å². The van der Waals surface area contributed by atoms with Crippen molar-refractivity contribution in [1.82, 2.24) is 14.3 Å². The number of hydrogen-bond acceptors (Lipinski definition) is 8. The summed E-state index contributed by atoms with van der Waals surface area (Å²) >= 11 is 6.73. The molecule has 2 aromatic heterocycles. The molecule has 0 atom stereocenters. The Bertz CT molecular complexity index is 1700. The van der Waals surface area contributed by atoms with Gasteiger partial charge < -0.3 is 14.8 Å². The third-order valence-corrected chi connectivity index (χ3v) is 7.90. The molecule has 196 valence electrons. The number of carbonyl (C=O) groups excluding carboxylic acids is 1. The van der Waals surface area contributed by atoms with E-state index in [4.69, 9.17) is 26.7 Å². The molecule has 39 heavy (non-hydrogen) atoms. The number of aromatic nitrogens is 2. The first-order valence-corrected chi connectivity index (χ1v) is 13.6. The lowest BCUT2D eigenvalue weighted by Crippen LogP contribution is -2.30. The van der Waals surface area contributed by atoms with Crippen LogP contribution in [-0.2, 0) is 17.8 Å². The van der Waals surface area contributed by atoms with Gasteiger partial charge in [0.05, 0.1) is 10.5 Å². The van der Waals surface area contributed by atoms with Gasteiger partial charge in [0.15, 0.2) is 11.5 Å². The second kappa shape index (κ2) is 10.5. The van der Waals surface area contributed by atoms with Gasteiger partial charge in [-0.05, 0) is 54.3 Å². The van der Waals surface area contributed by atoms with Crippen LogP contribution in [0.4, 0.5) is 5.82 Å². The number of rotatable bonds is 7. The first-order valence-electron chi connectivity index (χ1n) is 12.4. The third kappa shape index (κ3) is 5.13. The molecule has 10 heteroatoms. The maximum atomic E-state index is 13.7. The number of amides is 1. The highest BCUT2D eigenvalue weighted by Gasteiger charge is 2.32. The predicted octanol–water partition coefficient (Wildman–Crippen LogP) is 4.79. The Labute approximate surface area is 234 Å². The molecule has 2 aliphatic heterocycles. The summed E-state index contributed by atoms with van der Waals surface area (Å²) in [5, 5.41) is 3.29. The van der Waals surface area contributed by atoms with E-state index in [9.17, 15) is 9.59 Å². The number of nitrogens with zero attached hydrogens (tertiary/aromatic N) is 3. The number of fused-ring (bicyclic) bond motifs is 2. The van der Waals surface area contributed by atoms with Crippen molar-refractivity contribution in [2.24, 2.45) is 0 Å². The largest absolute Gasteiger partial charge is 0.454 e. The van der Waals surface area contributed by atoms with E-state index in [1.807, 2.05) is 61.5 Å². The minimum Gasteiger partial charge on any atom is -0.454 e. The van der Waals surface area contributed by atoms with Crippen LogP contribution >= 0.6 is 24.0 Å². The molecule has 1 saturated heterocycles. The van der Waals surface area contributed by atoms with E-state index in [-0.39, 0.29) is 18.3 Å². The number of thiocarbonyl (C=S) groups is 1. The minimum absolute atomic E-state index is 0.197. The van der Waals surface area contributed by atoms with Crippen molar-refractivity contribution >= 4 is 51.7 Å². The number of benzene rings is 2. The molecule has 4 heterocycles. The van der Waals surface area contributed by atoms with Gasteiger partial charge >= 0.3 is 0 Å². The van der Waals surface area contributed by atoms with Crippen molar-refractivity contribution in [3.8, 4) is 11.5 Å². The number of hydrogen-bond donors (Lipinski definition) is 1. The Morgan fingerprint density at radius 1 is 1.05 bits per heavy atom. The highest BCUT2D eigenvalue weighted by atomic mass is 32.2. The van der Waals surface area contributed by atoms with Crippen LogP contribution in [0.25, 0.3) is 11.7 Å². The second-order valence-corrected chi connectivity index (χ2v) is 10.9. The fraction of sp³-hybridized carbons (Fsp3) is 0.172. The fourth-order valence-electron chi connectivity index (χ4n) is 4.47. The summed E-state index contributed by atoms with van der Waals surface area (Å²) in [5.74, 6) is 1.55. The van der Waals surface area contributed by atoms with Crippen LogP contribution in [0, 0.1) is 6.92 Å². The van der Waals surface area contributed by atoms with Crippen LogP contribution in [0.2, 0.25) is 0 Å². The molecule has 1 amide bonds. The van der Waals surface area contributed by atoms with Crippen molar-refractivity contribution in [3.05, 3.63) is 104 Å². The molecule has 0 radical (unpaired) electrons. The molecule has 0 unspecified atom stereocenters. The number of pyridine rings is 1. The molecule has 1 N–H and O–H groups in total. The lowest BCUT2D eigenvalue weighted by molar-refractivity contribution is -0.122. The van der Waals surface area contributed by atoms with Gasteiger partial charge in [-0.15, -0.1) is 0 Å². The number of anilines is 1. The molecule has 8 nitrogen and oxygen atoms in total. The maximum Gasteiger partial charge on any atom is 0.267 e. The summed E-state index contributed by atoms with van der Waals surface area (Å²) in [6, 6.07) is 19.3. The van der Waals surface area contributed by atoms with E-state index in [0.717, 1.165) is 16.7 Å². The van der Waals surface area contributed by atoms with Gasteiger partial charge in [0.2, 0.25) is 6.79 Å². The smallest absolute Gasteiger partial charge is 0.267 e. The van der Waals surface area contributed by atoms with Gasteiger partial charge in [-0.1, -0.05) is 66.4 Å². The van der Waals surface area contributed by atoms with Gasteiger partial charge in [0.1, 0.15) is 15.8 Å². The van der Waals surface area contributed by atoms with Crippen LogP contribution in [0.3, 0.4) is 0 Å². The van der Waals surface area contributed by atoms with Crippen molar-refractivity contribution in [1.29, 1.82) is 0 Å². The van der Waals surface area contributed by atoms with Crippen LogP contribution in [-0.4, -0.2) is 37.8 Å². The topological polar surface area (TPSA) is 85.2 Å². The van der Waals surface area contributed by atoms with E-state index in [1.54, 1.807) is 23.2 Å². The zero-order valence-electron chi connectivity index (χ0n) is 21.0. The average molecular weight is 557 g/mol. The summed E-state index contributed by atoms with van der Waals surface area (Å²) in [5.41, 5.74) is 3.51. The molecule has 6 rings (SSSR count). The maximum absolute atomic E-state index is 13.7. The Morgan fingerprint density at radius 3 is 2.72 bits per heavy atom. The molecule has 0 saturated carbocycles. The van der Waals surface area contributed by atoms with E-state index in [2.05, 4.69) is 5.32 Å². The van der Waals surface area contributed by atoms with Gasteiger partial charge in [0.25, 0.3) is 11.5 Å². The fourth-order valence-corrected chi connectivity index (χ4v) is 5.76. The Morgan fingerprint density at radius 2 is 1.87 bits per heavy atom. The number of ether oxygens (including phenoxy) is 2. The van der Waals surface area contributed by atoms with Gasteiger partial charge in [-0.25, -0.2) is 4.98 Å². The number of nitrogens with one attached hydrogen (secondary N) is 1. The third-order valence-electron chi connectivity index (χ3n) is 6.52. The summed E-state index contributed by atoms with van der Waals surface area (Å²) in [4.78, 5) is 33.7. The van der Waals surface area contributed by atoms with E-state index < -0.39 is 0 Å². The number of carbonyl (C=O) groups is 1. The predicted molar refractivity (Wildman–Crippen MR) is 156 cm³/mol. The molecular formula is C29H24N4O4S2. The van der Waals surface area contributed by atoms with E-state index in [1.165, 1.54) is 16.2 Å². The molecule has 4 aromatic rings. The van der Waals surface area contributed by atoms with Gasteiger partial charge in [-0.2, -0.15) is 0 Å². The lowest BCUT2D eigenvalue weighted by atomic mass is 10.1. The number of thioether (sulfide) groups is 1. The number of aryl methyl sites for hydroxylation is 1. The van der Waals surface area contributed by atoms with E-state index in [0.29, 0.717) is 57.3 Å². The Balaban J connectivity index is 1.32. The quantitative estimate of drug-likeness (QED) is 0.257. The van der Waals surface area contributed by atoms with Crippen LogP contribution in [0.1, 0.15) is 22.3 Å². The first kappa shape index (κ1) is 25.1. The second-order valence-electron chi connectivity index (χ2n) is 9.22. The van der Waals surface area contributed by atoms with Crippen molar-refractivity contribution in [2.45, 2.75) is 19.9 Å². The van der Waals surface area contributed by atoms with Crippen LogP contribution in [0.15, 0.2) is 76.6 Å².